The number of benzene rings is 1. The highest BCUT2D eigenvalue weighted by molar-refractivity contribution is 14.0. The summed E-state index contributed by atoms with van der Waals surface area (Å²) in [6.07, 6.45) is 1.84. The minimum atomic E-state index is -4.35. The predicted octanol–water partition coefficient (Wildman–Crippen LogP) is 4.89. The van der Waals surface area contributed by atoms with Gasteiger partial charge in [0.15, 0.2) is 5.96 Å². The van der Waals surface area contributed by atoms with Crippen molar-refractivity contribution in [3.8, 4) is 0 Å². The van der Waals surface area contributed by atoms with E-state index in [9.17, 15) is 13.2 Å². The molecule has 1 aromatic heterocycles. The molecule has 1 atom stereocenters. The molecule has 0 aliphatic carbocycles. The molecule has 0 saturated carbocycles. The van der Waals surface area contributed by atoms with Crippen LogP contribution in [0, 0.1) is 0 Å². The average molecular weight is 564 g/mol. The summed E-state index contributed by atoms with van der Waals surface area (Å²) >= 11 is 0. The number of aromatic nitrogens is 3. The molecule has 1 unspecified atom stereocenters. The molecule has 178 valence electrons. The summed E-state index contributed by atoms with van der Waals surface area (Å²) in [6.45, 7) is 6.02. The number of aryl methyl sites for hydroxylation is 2. The molecule has 1 aromatic carbocycles. The number of halogens is 4. The Labute approximate surface area is 204 Å². The molecule has 2 aromatic rings. The van der Waals surface area contributed by atoms with E-state index < -0.39 is 11.7 Å². The highest BCUT2D eigenvalue weighted by atomic mass is 127. The lowest BCUT2D eigenvalue weighted by Gasteiger charge is -2.19. The second-order valence-electron chi connectivity index (χ2n) is 7.85. The van der Waals surface area contributed by atoms with E-state index in [0.29, 0.717) is 24.6 Å². The first-order valence-electron chi connectivity index (χ1n) is 11.0. The van der Waals surface area contributed by atoms with Crippen LogP contribution in [0.4, 0.5) is 13.2 Å². The Hall–Kier alpha value is -1.85. The Morgan fingerprint density at radius 1 is 1.22 bits per heavy atom. The van der Waals surface area contributed by atoms with Crippen molar-refractivity contribution in [3.05, 3.63) is 47.0 Å². The number of aliphatic imine (C=N–C) groups is 1. The van der Waals surface area contributed by atoms with E-state index in [-0.39, 0.29) is 30.0 Å². The maximum atomic E-state index is 13.0. The summed E-state index contributed by atoms with van der Waals surface area (Å²) in [7, 11) is 0. The van der Waals surface area contributed by atoms with E-state index in [1.54, 1.807) is 6.07 Å². The molecule has 1 aliphatic heterocycles. The first kappa shape index (κ1) is 26.4. The molecule has 0 radical (unpaired) electrons. The van der Waals surface area contributed by atoms with Crippen molar-refractivity contribution in [1.29, 1.82) is 0 Å². The van der Waals surface area contributed by atoms with Crippen LogP contribution < -0.4 is 10.6 Å². The zero-order valence-electron chi connectivity index (χ0n) is 18.6. The molecule has 2 heterocycles. The third-order valence-electron chi connectivity index (χ3n) is 5.43. The minimum Gasteiger partial charge on any atom is -0.357 e. The SMILES string of the molecule is CCNC(=NCCCc1nnc2n1CCCCC2)NC(C)c1cccc(C(F)(F)F)c1.I. The highest BCUT2D eigenvalue weighted by Gasteiger charge is 2.30. The van der Waals surface area contributed by atoms with Crippen LogP contribution in [0.1, 0.15) is 68.3 Å². The van der Waals surface area contributed by atoms with Crippen molar-refractivity contribution >= 4 is 29.9 Å². The number of fused-ring (bicyclic) bond motifs is 1. The maximum absolute atomic E-state index is 13.0. The van der Waals surface area contributed by atoms with Crippen LogP contribution in [0.5, 0.6) is 0 Å². The third-order valence-corrected chi connectivity index (χ3v) is 5.43. The lowest BCUT2D eigenvalue weighted by atomic mass is 10.1. The molecule has 0 amide bonds. The molecule has 2 N–H and O–H groups in total. The van der Waals surface area contributed by atoms with Crippen LogP contribution >= 0.6 is 24.0 Å². The van der Waals surface area contributed by atoms with Crippen molar-refractivity contribution in [3.63, 3.8) is 0 Å². The number of nitrogens with one attached hydrogen (secondary N) is 2. The van der Waals surface area contributed by atoms with Gasteiger partial charge in [-0.05, 0) is 50.8 Å². The summed E-state index contributed by atoms with van der Waals surface area (Å²) in [5.74, 6) is 2.69. The molecule has 1 aliphatic rings. The van der Waals surface area contributed by atoms with Gasteiger partial charge < -0.3 is 15.2 Å². The van der Waals surface area contributed by atoms with Crippen LogP contribution in [0.3, 0.4) is 0 Å². The number of rotatable bonds is 7. The van der Waals surface area contributed by atoms with Gasteiger partial charge in [-0.15, -0.1) is 34.2 Å². The molecule has 10 heteroatoms. The maximum Gasteiger partial charge on any atom is 0.416 e. The quantitative estimate of drug-likeness (QED) is 0.218. The molecule has 6 nitrogen and oxygen atoms in total. The van der Waals surface area contributed by atoms with Crippen molar-refractivity contribution in [2.75, 3.05) is 13.1 Å². The molecule has 32 heavy (non-hydrogen) atoms. The van der Waals surface area contributed by atoms with Gasteiger partial charge in [-0.1, -0.05) is 18.6 Å². The van der Waals surface area contributed by atoms with Gasteiger partial charge in [0, 0.05) is 32.5 Å². The smallest absolute Gasteiger partial charge is 0.357 e. The number of hydrogen-bond acceptors (Lipinski definition) is 3. The fourth-order valence-corrected chi connectivity index (χ4v) is 3.75. The standard InChI is InChI=1S/C22H31F3N6.HI/c1-3-26-21(28-16(2)17-9-7-10-18(15-17)22(23,24)25)27-13-8-12-20-30-29-19-11-5-4-6-14-31(19)20;/h7,9-10,15-16H,3-6,8,11-14H2,1-2H3,(H2,26,27,28);1H. The van der Waals surface area contributed by atoms with E-state index in [0.717, 1.165) is 49.9 Å². The second-order valence-corrected chi connectivity index (χ2v) is 7.85. The van der Waals surface area contributed by atoms with Gasteiger partial charge in [0.1, 0.15) is 11.6 Å². The van der Waals surface area contributed by atoms with Crippen LogP contribution in [-0.2, 0) is 25.6 Å². The summed E-state index contributed by atoms with van der Waals surface area (Å²) in [4.78, 5) is 4.59. The summed E-state index contributed by atoms with van der Waals surface area (Å²) in [5, 5.41) is 15.0. The lowest BCUT2D eigenvalue weighted by Crippen LogP contribution is -2.38. The van der Waals surface area contributed by atoms with Crippen LogP contribution in [0.2, 0.25) is 0 Å². The first-order chi connectivity index (χ1) is 14.9. The third kappa shape index (κ3) is 7.35. The number of nitrogens with zero attached hydrogens (tertiary/aromatic N) is 4. The zero-order valence-corrected chi connectivity index (χ0v) is 20.9. The van der Waals surface area contributed by atoms with Gasteiger partial charge in [-0.25, -0.2) is 0 Å². The highest BCUT2D eigenvalue weighted by Crippen LogP contribution is 2.30. The van der Waals surface area contributed by atoms with Crippen LogP contribution in [0.15, 0.2) is 29.3 Å². The number of guanidine groups is 1. The van der Waals surface area contributed by atoms with E-state index in [1.807, 2.05) is 13.8 Å². The van der Waals surface area contributed by atoms with Gasteiger partial charge in [0.05, 0.1) is 11.6 Å². The van der Waals surface area contributed by atoms with Gasteiger partial charge in [0.2, 0.25) is 0 Å². The monoisotopic (exact) mass is 564 g/mol. The van der Waals surface area contributed by atoms with Gasteiger partial charge in [-0.3, -0.25) is 4.99 Å². The van der Waals surface area contributed by atoms with E-state index in [1.165, 1.54) is 25.0 Å². The predicted molar refractivity (Wildman–Crippen MR) is 130 cm³/mol. The van der Waals surface area contributed by atoms with Crippen LogP contribution in [0.25, 0.3) is 0 Å². The second kappa shape index (κ2) is 12.4. The minimum absolute atomic E-state index is 0. The normalized spacial score (nSPS) is 15.3. The molecule has 3 rings (SSSR count). The Bertz CT molecular complexity index is 881. The van der Waals surface area contributed by atoms with Gasteiger partial charge in [0.25, 0.3) is 0 Å². The first-order valence-corrected chi connectivity index (χ1v) is 11.0. The molecule has 0 spiro atoms. The van der Waals surface area contributed by atoms with E-state index >= 15 is 0 Å². The summed E-state index contributed by atoms with van der Waals surface area (Å²) < 4.78 is 41.2. The largest absolute Gasteiger partial charge is 0.416 e. The molecule has 0 bridgehead atoms. The van der Waals surface area contributed by atoms with Crippen molar-refractivity contribution in [2.45, 2.75) is 71.1 Å². The molecule has 0 fully saturated rings. The fraction of sp³-hybridized carbons (Fsp3) is 0.591. The number of alkyl halides is 3. The number of hydrogen-bond donors (Lipinski definition) is 2. The Balaban J connectivity index is 0.00000363. The van der Waals surface area contributed by atoms with Gasteiger partial charge >= 0.3 is 6.18 Å². The Kier molecular flexibility index (Phi) is 10.2. The lowest BCUT2D eigenvalue weighted by molar-refractivity contribution is -0.137. The van der Waals surface area contributed by atoms with Crippen molar-refractivity contribution in [1.82, 2.24) is 25.4 Å². The Morgan fingerprint density at radius 2 is 2.03 bits per heavy atom. The van der Waals surface area contributed by atoms with Crippen molar-refractivity contribution in [2.24, 2.45) is 4.99 Å². The van der Waals surface area contributed by atoms with Gasteiger partial charge in [-0.2, -0.15) is 13.2 Å². The zero-order chi connectivity index (χ0) is 22.3. The Morgan fingerprint density at radius 3 is 2.78 bits per heavy atom. The topological polar surface area (TPSA) is 67.1 Å². The average Bonchev–Trinajstić information content (AvgIpc) is 2.96. The fourth-order valence-electron chi connectivity index (χ4n) is 3.75. The van der Waals surface area contributed by atoms with Crippen molar-refractivity contribution < 1.29 is 13.2 Å². The van der Waals surface area contributed by atoms with E-state index in [2.05, 4.69) is 30.4 Å². The molecular weight excluding hydrogens is 532 g/mol. The summed E-state index contributed by atoms with van der Waals surface area (Å²) in [5.41, 5.74) is -0.0837. The summed E-state index contributed by atoms with van der Waals surface area (Å²) in [6, 6.07) is 5.07. The molecular formula is C22H32F3IN6. The van der Waals surface area contributed by atoms with Crippen LogP contribution in [-0.4, -0.2) is 33.8 Å². The molecule has 0 saturated heterocycles. The van der Waals surface area contributed by atoms with E-state index in [4.69, 9.17) is 0 Å².